The van der Waals surface area contributed by atoms with Gasteiger partial charge in [0, 0.05) is 30.1 Å². The Morgan fingerprint density at radius 1 is 1.28 bits per heavy atom. The minimum atomic E-state index is -4.51. The van der Waals surface area contributed by atoms with Crippen LogP contribution in [-0.4, -0.2) is 42.3 Å². The molecule has 0 heterocycles. The van der Waals surface area contributed by atoms with Crippen molar-refractivity contribution < 1.29 is 27.9 Å². The van der Waals surface area contributed by atoms with Crippen molar-refractivity contribution in [3.63, 3.8) is 0 Å². The minimum absolute atomic E-state index is 0.0559. The maximum absolute atomic E-state index is 12.3. The van der Waals surface area contributed by atoms with E-state index < -0.39 is 18.6 Å². The van der Waals surface area contributed by atoms with Gasteiger partial charge in [0.15, 0.2) is 0 Å². The van der Waals surface area contributed by atoms with E-state index in [0.29, 0.717) is 24.1 Å². The molecule has 11 heteroatoms. The van der Waals surface area contributed by atoms with E-state index in [0.717, 1.165) is 12.8 Å². The van der Waals surface area contributed by atoms with Gasteiger partial charge in [-0.2, -0.15) is 13.2 Å². The molecule has 0 aromatic heterocycles. The van der Waals surface area contributed by atoms with Crippen molar-refractivity contribution in [3.05, 3.63) is 41.2 Å². The Balaban J connectivity index is 2.13. The van der Waals surface area contributed by atoms with Gasteiger partial charge in [0.05, 0.1) is 0 Å². The molecule has 160 valence electrons. The molecule has 0 atom stereocenters. The predicted molar refractivity (Wildman–Crippen MR) is 100 cm³/mol. The molecule has 0 bridgehead atoms. The van der Waals surface area contributed by atoms with Gasteiger partial charge in [-0.25, -0.2) is 0 Å². The quantitative estimate of drug-likeness (QED) is 0.191. The highest BCUT2D eigenvalue weighted by atomic mass is 19.4. The van der Waals surface area contributed by atoms with Gasteiger partial charge < -0.3 is 26.5 Å². The molecule has 2 rings (SSSR count). The number of aliphatic hydroxyl groups excluding tert-OH is 1. The highest BCUT2D eigenvalue weighted by Gasteiger charge is 2.28. The van der Waals surface area contributed by atoms with E-state index >= 15 is 0 Å². The molecule has 1 aromatic rings. The van der Waals surface area contributed by atoms with Gasteiger partial charge in [-0.15, -0.1) is 0 Å². The summed E-state index contributed by atoms with van der Waals surface area (Å²) in [5.41, 5.74) is 3.57. The van der Waals surface area contributed by atoms with Gasteiger partial charge in [-0.3, -0.25) is 15.4 Å². The molecule has 0 saturated heterocycles. The lowest BCUT2D eigenvalue weighted by atomic mass is 10.0. The highest BCUT2D eigenvalue weighted by molar-refractivity contribution is 5.95. The summed E-state index contributed by atoms with van der Waals surface area (Å²) in [6.07, 6.45) is -0.559. The van der Waals surface area contributed by atoms with Crippen molar-refractivity contribution in [2.75, 3.05) is 18.5 Å². The molecule has 0 spiro atoms. The zero-order chi connectivity index (χ0) is 21.4. The van der Waals surface area contributed by atoms with E-state index in [1.165, 1.54) is 24.4 Å². The molecule has 2 amide bonds. The third-order valence-electron chi connectivity index (χ3n) is 4.11. The number of amides is 2. The van der Waals surface area contributed by atoms with Gasteiger partial charge >= 0.3 is 6.18 Å². The van der Waals surface area contributed by atoms with Crippen LogP contribution >= 0.6 is 0 Å². The van der Waals surface area contributed by atoms with Crippen LogP contribution in [0.15, 0.2) is 30.1 Å². The average molecular weight is 415 g/mol. The first-order valence-electron chi connectivity index (χ1n) is 9.06. The summed E-state index contributed by atoms with van der Waals surface area (Å²) in [7, 11) is 0. The molecule has 1 fully saturated rings. The van der Waals surface area contributed by atoms with Crippen LogP contribution in [0.1, 0.15) is 35.2 Å². The van der Waals surface area contributed by atoms with E-state index in [4.69, 9.17) is 10.9 Å². The number of anilines is 1. The summed E-state index contributed by atoms with van der Waals surface area (Å²) in [5, 5.41) is 16.6. The standard InChI is InChI=1S/C18H24F3N5O3/c19-18(20,21)10-24-16(28)12-3-6-14(11(8-12)2-1-7-27)23-9-15(26-22)17(29)25-13-4-5-13/h3,6,8-9,13,23,26-27H,1-2,4-5,7,10,22H2,(H,24,28)(H,25,29)/b15-9-. The molecule has 1 aromatic carbocycles. The molecular formula is C18H24F3N5O3. The normalized spacial score (nSPS) is 14.3. The number of aryl methyl sites for hydroxylation is 1. The Kier molecular flexibility index (Phi) is 7.85. The molecule has 1 aliphatic rings. The Hall–Kier alpha value is -2.79. The van der Waals surface area contributed by atoms with Gasteiger partial charge in [-0.1, -0.05) is 0 Å². The Bertz CT molecular complexity index is 764. The van der Waals surface area contributed by atoms with Crippen molar-refractivity contribution in [3.8, 4) is 0 Å². The van der Waals surface area contributed by atoms with Gasteiger partial charge in [-0.05, 0) is 49.4 Å². The molecule has 7 N–H and O–H groups in total. The maximum atomic E-state index is 12.3. The van der Waals surface area contributed by atoms with Crippen LogP contribution in [0.3, 0.4) is 0 Å². The fourth-order valence-corrected chi connectivity index (χ4v) is 2.45. The van der Waals surface area contributed by atoms with Crippen molar-refractivity contribution >= 4 is 17.5 Å². The van der Waals surface area contributed by atoms with Crippen LogP contribution in [0, 0.1) is 0 Å². The van der Waals surface area contributed by atoms with E-state index in [1.54, 1.807) is 0 Å². The zero-order valence-corrected chi connectivity index (χ0v) is 15.6. The molecular weight excluding hydrogens is 391 g/mol. The lowest BCUT2D eigenvalue weighted by molar-refractivity contribution is -0.123. The van der Waals surface area contributed by atoms with Crippen molar-refractivity contribution in [1.29, 1.82) is 0 Å². The number of hydrogen-bond acceptors (Lipinski definition) is 6. The third-order valence-corrected chi connectivity index (χ3v) is 4.11. The maximum Gasteiger partial charge on any atom is 0.405 e. The molecule has 29 heavy (non-hydrogen) atoms. The van der Waals surface area contributed by atoms with Gasteiger partial charge in [0.25, 0.3) is 11.8 Å². The summed E-state index contributed by atoms with van der Waals surface area (Å²) in [6.45, 7) is -1.53. The van der Waals surface area contributed by atoms with Crippen LogP contribution < -0.4 is 27.2 Å². The summed E-state index contributed by atoms with van der Waals surface area (Å²) in [6, 6.07) is 4.47. The van der Waals surface area contributed by atoms with Crippen molar-refractivity contribution in [1.82, 2.24) is 16.1 Å². The van der Waals surface area contributed by atoms with Crippen LogP contribution in [0.25, 0.3) is 0 Å². The Morgan fingerprint density at radius 2 is 2.00 bits per heavy atom. The van der Waals surface area contributed by atoms with Crippen molar-refractivity contribution in [2.24, 2.45) is 5.84 Å². The first-order chi connectivity index (χ1) is 13.7. The van der Waals surface area contributed by atoms with E-state index in [-0.39, 0.29) is 29.8 Å². The lowest BCUT2D eigenvalue weighted by Crippen LogP contribution is -2.36. The summed E-state index contributed by atoms with van der Waals surface area (Å²) >= 11 is 0. The molecule has 0 unspecified atom stereocenters. The topological polar surface area (TPSA) is 129 Å². The van der Waals surface area contributed by atoms with E-state index in [1.807, 2.05) is 5.32 Å². The molecule has 1 saturated carbocycles. The number of rotatable bonds is 10. The SMILES string of the molecule is NN/C(=C\Nc1ccc(C(=O)NCC(F)(F)F)cc1CCCO)C(=O)NC1CC1. The fourth-order valence-electron chi connectivity index (χ4n) is 2.45. The van der Waals surface area contributed by atoms with Gasteiger partial charge in [0.1, 0.15) is 12.2 Å². The number of hydrogen-bond donors (Lipinski definition) is 6. The molecule has 0 aliphatic heterocycles. The Morgan fingerprint density at radius 3 is 2.59 bits per heavy atom. The number of carbonyl (C=O) groups excluding carboxylic acids is 2. The minimum Gasteiger partial charge on any atom is -0.396 e. The number of nitrogens with one attached hydrogen (secondary N) is 4. The molecule has 0 radical (unpaired) electrons. The average Bonchev–Trinajstić information content (AvgIpc) is 3.48. The number of halogens is 3. The first-order valence-corrected chi connectivity index (χ1v) is 9.06. The monoisotopic (exact) mass is 415 g/mol. The lowest BCUT2D eigenvalue weighted by Gasteiger charge is -2.14. The number of nitrogens with two attached hydrogens (primary N) is 1. The number of benzene rings is 1. The summed E-state index contributed by atoms with van der Waals surface area (Å²) in [5.74, 6) is 4.16. The van der Waals surface area contributed by atoms with Crippen molar-refractivity contribution in [2.45, 2.75) is 37.9 Å². The third kappa shape index (κ3) is 7.62. The van der Waals surface area contributed by atoms with E-state index in [9.17, 15) is 22.8 Å². The summed E-state index contributed by atoms with van der Waals surface area (Å²) < 4.78 is 36.9. The van der Waals surface area contributed by atoms with Crippen LogP contribution in [0.4, 0.5) is 18.9 Å². The molecule has 1 aliphatic carbocycles. The fraction of sp³-hybridized carbons (Fsp3) is 0.444. The van der Waals surface area contributed by atoms with Crippen LogP contribution in [-0.2, 0) is 11.2 Å². The second-order valence-corrected chi connectivity index (χ2v) is 6.59. The zero-order valence-electron chi connectivity index (χ0n) is 15.6. The van der Waals surface area contributed by atoms with Gasteiger partial charge in [0.2, 0.25) is 0 Å². The molecule has 8 nitrogen and oxygen atoms in total. The van der Waals surface area contributed by atoms with Crippen LogP contribution in [0.2, 0.25) is 0 Å². The smallest absolute Gasteiger partial charge is 0.396 e. The van der Waals surface area contributed by atoms with E-state index in [2.05, 4.69) is 16.1 Å². The number of hydrazine groups is 1. The summed E-state index contributed by atoms with van der Waals surface area (Å²) in [4.78, 5) is 24.0. The second-order valence-electron chi connectivity index (χ2n) is 6.59. The Labute approximate surface area is 165 Å². The highest BCUT2D eigenvalue weighted by Crippen LogP contribution is 2.21. The number of aliphatic hydroxyl groups is 1. The first kappa shape index (κ1) is 22.5. The largest absolute Gasteiger partial charge is 0.405 e. The number of carbonyl (C=O) groups is 2. The number of alkyl halides is 3. The second kappa shape index (κ2) is 10.1. The predicted octanol–water partition coefficient (Wildman–Crippen LogP) is 0.899. The van der Waals surface area contributed by atoms with Crippen LogP contribution in [0.5, 0.6) is 0 Å².